The van der Waals surface area contributed by atoms with Crippen LogP contribution in [0, 0.1) is 11.7 Å². The summed E-state index contributed by atoms with van der Waals surface area (Å²) in [4.78, 5) is 25.4. The quantitative estimate of drug-likeness (QED) is 0.850. The van der Waals surface area contributed by atoms with Crippen molar-refractivity contribution in [1.82, 2.24) is 10.2 Å². The van der Waals surface area contributed by atoms with Crippen molar-refractivity contribution in [3.8, 4) is 0 Å². The minimum absolute atomic E-state index is 0.0214. The predicted octanol–water partition coefficient (Wildman–Crippen LogP) is 0.975. The third-order valence-electron chi connectivity index (χ3n) is 3.77. The first kappa shape index (κ1) is 14.0. The van der Waals surface area contributed by atoms with Crippen LogP contribution in [-0.4, -0.2) is 42.4 Å². The lowest BCUT2D eigenvalue weighted by atomic mass is 9.99. The molecule has 1 aliphatic heterocycles. The van der Waals surface area contributed by atoms with Gasteiger partial charge in [0.05, 0.1) is 18.2 Å². The molecule has 1 aromatic rings. The Hall–Kier alpha value is -1.95. The van der Waals surface area contributed by atoms with E-state index < -0.39 is 5.82 Å². The highest BCUT2D eigenvalue weighted by atomic mass is 19.1. The first-order chi connectivity index (χ1) is 10.1. The van der Waals surface area contributed by atoms with Crippen LogP contribution in [0.15, 0.2) is 24.3 Å². The molecule has 2 N–H and O–H groups in total. The average molecular weight is 291 g/mol. The second-order valence-electron chi connectivity index (χ2n) is 5.70. The Balaban J connectivity index is 1.40. The topological polar surface area (TPSA) is 61.4 Å². The summed E-state index contributed by atoms with van der Waals surface area (Å²) in [5, 5.41) is 5.50. The number of carbonyl (C=O) groups excluding carboxylic acids is 2. The number of rotatable bonds is 5. The summed E-state index contributed by atoms with van der Waals surface area (Å²) in [5.41, 5.74) is 0.186. The molecular formula is C15H18FN3O2. The maximum atomic E-state index is 13.4. The van der Waals surface area contributed by atoms with Gasteiger partial charge in [0.2, 0.25) is 11.8 Å². The lowest BCUT2D eigenvalue weighted by molar-refractivity contribution is -0.132. The minimum atomic E-state index is -0.448. The molecule has 1 aliphatic carbocycles. The van der Waals surface area contributed by atoms with Crippen LogP contribution in [0.1, 0.15) is 12.8 Å². The molecule has 1 saturated heterocycles. The minimum Gasteiger partial charge on any atom is -0.353 e. The number of nitrogens with zero attached hydrogens (tertiary/aromatic N) is 1. The number of halogens is 1. The van der Waals surface area contributed by atoms with Crippen LogP contribution in [0.25, 0.3) is 0 Å². The van der Waals surface area contributed by atoms with Crippen molar-refractivity contribution >= 4 is 17.5 Å². The second-order valence-corrected chi connectivity index (χ2v) is 5.70. The van der Waals surface area contributed by atoms with Crippen molar-refractivity contribution in [2.45, 2.75) is 18.9 Å². The van der Waals surface area contributed by atoms with Crippen molar-refractivity contribution in [2.24, 2.45) is 5.92 Å². The Kier molecular flexibility index (Phi) is 3.88. The number of hydrogen-bond donors (Lipinski definition) is 2. The predicted molar refractivity (Wildman–Crippen MR) is 76.1 cm³/mol. The van der Waals surface area contributed by atoms with E-state index in [1.165, 1.54) is 12.1 Å². The van der Waals surface area contributed by atoms with Gasteiger partial charge in [0.25, 0.3) is 0 Å². The van der Waals surface area contributed by atoms with Gasteiger partial charge in [-0.15, -0.1) is 0 Å². The summed E-state index contributed by atoms with van der Waals surface area (Å²) < 4.78 is 13.4. The van der Waals surface area contributed by atoms with Gasteiger partial charge in [-0.25, -0.2) is 4.39 Å². The number of hydrogen-bond acceptors (Lipinski definition) is 3. The van der Waals surface area contributed by atoms with Gasteiger partial charge in [-0.05, 0) is 25.0 Å². The highest BCUT2D eigenvalue weighted by molar-refractivity contribution is 5.92. The Labute approximate surface area is 122 Å². The molecule has 0 atom stereocenters. The van der Waals surface area contributed by atoms with E-state index in [0.717, 1.165) is 12.8 Å². The van der Waals surface area contributed by atoms with Gasteiger partial charge in [0.1, 0.15) is 5.82 Å². The van der Waals surface area contributed by atoms with E-state index in [9.17, 15) is 14.0 Å². The zero-order valence-corrected chi connectivity index (χ0v) is 11.6. The van der Waals surface area contributed by atoms with Gasteiger partial charge in [0, 0.05) is 19.1 Å². The normalized spacial score (nSPS) is 18.9. The maximum Gasteiger partial charge on any atom is 0.238 e. The summed E-state index contributed by atoms with van der Waals surface area (Å²) >= 11 is 0. The maximum absolute atomic E-state index is 13.4. The third-order valence-corrected chi connectivity index (χ3v) is 3.77. The van der Waals surface area contributed by atoms with Crippen LogP contribution >= 0.6 is 0 Å². The second kappa shape index (κ2) is 5.81. The molecule has 3 rings (SSSR count). The van der Waals surface area contributed by atoms with Crippen molar-refractivity contribution in [3.05, 3.63) is 30.1 Å². The molecule has 0 bridgehead atoms. The molecule has 1 aromatic carbocycles. The van der Waals surface area contributed by atoms with E-state index in [0.29, 0.717) is 19.1 Å². The molecule has 112 valence electrons. The third kappa shape index (κ3) is 3.58. The van der Waals surface area contributed by atoms with Crippen LogP contribution in [0.4, 0.5) is 10.1 Å². The van der Waals surface area contributed by atoms with Crippen molar-refractivity contribution in [3.63, 3.8) is 0 Å². The van der Waals surface area contributed by atoms with Crippen LogP contribution in [0.3, 0.4) is 0 Å². The molecule has 2 amide bonds. The van der Waals surface area contributed by atoms with Gasteiger partial charge in [-0.3, -0.25) is 14.5 Å². The summed E-state index contributed by atoms with van der Waals surface area (Å²) in [6.07, 6.45) is 2.15. The SMILES string of the molecule is O=C(CN1CC(C(=O)NC2CC2)C1)Nc1ccccc1F. The number of amides is 2. The van der Waals surface area contributed by atoms with Gasteiger partial charge >= 0.3 is 0 Å². The number of para-hydroxylation sites is 1. The van der Waals surface area contributed by atoms with E-state index in [1.807, 2.05) is 4.90 Å². The van der Waals surface area contributed by atoms with E-state index in [-0.39, 0.29) is 30.0 Å². The van der Waals surface area contributed by atoms with E-state index >= 15 is 0 Å². The molecule has 0 radical (unpaired) electrons. The average Bonchev–Trinajstić information content (AvgIpc) is 3.20. The summed E-state index contributed by atoms with van der Waals surface area (Å²) in [5.74, 6) is -0.646. The summed E-state index contributed by atoms with van der Waals surface area (Å²) in [6.45, 7) is 1.36. The molecule has 0 spiro atoms. The van der Waals surface area contributed by atoms with Crippen LogP contribution in [0.2, 0.25) is 0 Å². The molecule has 5 nitrogen and oxygen atoms in total. The van der Waals surface area contributed by atoms with Gasteiger partial charge < -0.3 is 10.6 Å². The van der Waals surface area contributed by atoms with Gasteiger partial charge in [0.15, 0.2) is 0 Å². The summed E-state index contributed by atoms with van der Waals surface area (Å²) in [7, 11) is 0. The largest absolute Gasteiger partial charge is 0.353 e. The fourth-order valence-electron chi connectivity index (χ4n) is 2.37. The lowest BCUT2D eigenvalue weighted by Gasteiger charge is -2.37. The molecule has 1 saturated carbocycles. The molecule has 0 aromatic heterocycles. The number of nitrogens with one attached hydrogen (secondary N) is 2. The fraction of sp³-hybridized carbons (Fsp3) is 0.467. The van der Waals surface area contributed by atoms with Crippen molar-refractivity contribution in [1.29, 1.82) is 0 Å². The highest BCUT2D eigenvalue weighted by Gasteiger charge is 2.35. The Morgan fingerprint density at radius 3 is 2.62 bits per heavy atom. The lowest BCUT2D eigenvalue weighted by Crippen LogP contribution is -2.55. The Morgan fingerprint density at radius 1 is 1.24 bits per heavy atom. The van der Waals surface area contributed by atoms with E-state index in [4.69, 9.17) is 0 Å². The van der Waals surface area contributed by atoms with Crippen LogP contribution < -0.4 is 10.6 Å². The number of likely N-dealkylation sites (tertiary alicyclic amines) is 1. The molecule has 0 unspecified atom stereocenters. The number of benzene rings is 1. The summed E-state index contributed by atoms with van der Waals surface area (Å²) in [6, 6.07) is 6.44. The Bertz CT molecular complexity index is 554. The zero-order chi connectivity index (χ0) is 14.8. The van der Waals surface area contributed by atoms with Gasteiger partial charge in [-0.1, -0.05) is 12.1 Å². The van der Waals surface area contributed by atoms with E-state index in [1.54, 1.807) is 12.1 Å². The zero-order valence-electron chi connectivity index (χ0n) is 11.6. The van der Waals surface area contributed by atoms with Crippen LogP contribution in [0.5, 0.6) is 0 Å². The molecule has 2 fully saturated rings. The van der Waals surface area contributed by atoms with Crippen molar-refractivity contribution in [2.75, 3.05) is 25.0 Å². The van der Waals surface area contributed by atoms with E-state index in [2.05, 4.69) is 10.6 Å². The van der Waals surface area contributed by atoms with Gasteiger partial charge in [-0.2, -0.15) is 0 Å². The number of anilines is 1. The highest BCUT2D eigenvalue weighted by Crippen LogP contribution is 2.22. The fourth-order valence-corrected chi connectivity index (χ4v) is 2.37. The first-order valence-corrected chi connectivity index (χ1v) is 7.19. The Morgan fingerprint density at radius 2 is 1.95 bits per heavy atom. The molecule has 21 heavy (non-hydrogen) atoms. The number of carbonyl (C=O) groups is 2. The molecule has 6 heteroatoms. The standard InChI is InChI=1S/C15H18FN3O2/c16-12-3-1-2-4-13(12)18-14(20)9-19-7-10(8-19)15(21)17-11-5-6-11/h1-4,10-11H,5-9H2,(H,17,21)(H,18,20). The molecule has 2 aliphatic rings. The smallest absolute Gasteiger partial charge is 0.238 e. The van der Waals surface area contributed by atoms with Crippen molar-refractivity contribution < 1.29 is 14.0 Å². The monoisotopic (exact) mass is 291 g/mol. The molecule has 1 heterocycles. The van der Waals surface area contributed by atoms with Crippen LogP contribution in [-0.2, 0) is 9.59 Å². The first-order valence-electron chi connectivity index (χ1n) is 7.19. The molecular weight excluding hydrogens is 273 g/mol.